The summed E-state index contributed by atoms with van der Waals surface area (Å²) in [5.74, 6) is 5.88. The molecule has 1 aliphatic rings. The topological polar surface area (TPSA) is 0 Å². The fraction of sp³-hybridized carbons (Fsp3) is 0.333. The number of rotatable bonds is 0. The van der Waals surface area contributed by atoms with E-state index in [-0.39, 0.29) is 0 Å². The zero-order chi connectivity index (χ0) is 6.53. The summed E-state index contributed by atoms with van der Waals surface area (Å²) < 4.78 is 0. The van der Waals surface area contributed by atoms with Crippen LogP contribution in [0.2, 0.25) is 0 Å². The lowest BCUT2D eigenvalue weighted by Crippen LogP contribution is -1.79. The van der Waals surface area contributed by atoms with E-state index in [0.717, 1.165) is 6.42 Å². The van der Waals surface area contributed by atoms with E-state index in [1.807, 2.05) is 6.92 Å². The normalized spacial score (nSPS) is 15.9. The van der Waals surface area contributed by atoms with Gasteiger partial charge in [-0.25, -0.2) is 0 Å². The summed E-state index contributed by atoms with van der Waals surface area (Å²) in [6, 6.07) is 0. The maximum Gasteiger partial charge on any atom is 0.0202 e. The Kier molecular flexibility index (Phi) is 2.15. The predicted molar refractivity (Wildman–Crippen MR) is 39.9 cm³/mol. The average molecular weight is 118 g/mol. The van der Waals surface area contributed by atoms with Gasteiger partial charge in [0.05, 0.1) is 0 Å². The van der Waals surface area contributed by atoms with Gasteiger partial charge in [-0.05, 0) is 19.8 Å². The highest BCUT2D eigenvalue weighted by molar-refractivity contribution is 5.39. The molecule has 1 aliphatic carbocycles. The van der Waals surface area contributed by atoms with E-state index < -0.39 is 0 Å². The average Bonchev–Trinajstić information content (AvgIpc) is 1.91. The summed E-state index contributed by atoms with van der Waals surface area (Å²) in [5.41, 5.74) is 1.17. The molecule has 0 N–H and O–H groups in total. The highest BCUT2D eigenvalue weighted by Gasteiger charge is 1.89. The van der Waals surface area contributed by atoms with Crippen LogP contribution in [0, 0.1) is 11.8 Å². The van der Waals surface area contributed by atoms with Crippen molar-refractivity contribution in [3.05, 3.63) is 23.8 Å². The van der Waals surface area contributed by atoms with Crippen LogP contribution in [0.25, 0.3) is 0 Å². The van der Waals surface area contributed by atoms with Crippen molar-refractivity contribution in [1.29, 1.82) is 0 Å². The van der Waals surface area contributed by atoms with E-state index in [0.29, 0.717) is 0 Å². The molecule has 0 aromatic carbocycles. The van der Waals surface area contributed by atoms with Crippen LogP contribution in [0.1, 0.15) is 19.8 Å². The molecule has 0 nitrogen and oxygen atoms in total. The standard InChI is InChI=1S/C9H10/c1-2-6-9-7-4-3-5-8-9/h4,7-8H,3,5H2,1H3. The maximum atomic E-state index is 3.01. The van der Waals surface area contributed by atoms with Gasteiger partial charge in [0, 0.05) is 5.57 Å². The van der Waals surface area contributed by atoms with Crippen LogP contribution in [-0.2, 0) is 0 Å². The van der Waals surface area contributed by atoms with E-state index in [4.69, 9.17) is 0 Å². The second kappa shape index (κ2) is 3.14. The Hall–Kier alpha value is -0.960. The van der Waals surface area contributed by atoms with Gasteiger partial charge in [0.25, 0.3) is 0 Å². The SMILES string of the molecule is CC#CC1=CCCC=C1. The van der Waals surface area contributed by atoms with Crippen molar-refractivity contribution in [3.8, 4) is 11.8 Å². The van der Waals surface area contributed by atoms with Gasteiger partial charge >= 0.3 is 0 Å². The van der Waals surface area contributed by atoms with Gasteiger partial charge in [0.1, 0.15) is 0 Å². The molecular formula is C9H10. The molecule has 9 heavy (non-hydrogen) atoms. The van der Waals surface area contributed by atoms with Gasteiger partial charge in [-0.3, -0.25) is 0 Å². The van der Waals surface area contributed by atoms with E-state index in [1.54, 1.807) is 0 Å². The molecule has 0 spiro atoms. The first-order valence-electron chi connectivity index (χ1n) is 3.23. The molecule has 0 bridgehead atoms. The summed E-state index contributed by atoms with van der Waals surface area (Å²) in [7, 11) is 0. The summed E-state index contributed by atoms with van der Waals surface area (Å²) in [6.07, 6.45) is 8.76. The molecule has 0 unspecified atom stereocenters. The van der Waals surface area contributed by atoms with Crippen LogP contribution in [0.15, 0.2) is 23.8 Å². The Balaban J connectivity index is 2.65. The summed E-state index contributed by atoms with van der Waals surface area (Å²) in [5, 5.41) is 0. The van der Waals surface area contributed by atoms with Crippen LogP contribution >= 0.6 is 0 Å². The summed E-state index contributed by atoms with van der Waals surface area (Å²) >= 11 is 0. The van der Waals surface area contributed by atoms with Gasteiger partial charge in [-0.1, -0.05) is 24.1 Å². The third-order valence-electron chi connectivity index (χ3n) is 1.26. The van der Waals surface area contributed by atoms with Gasteiger partial charge in [-0.15, -0.1) is 5.92 Å². The van der Waals surface area contributed by atoms with Gasteiger partial charge in [-0.2, -0.15) is 0 Å². The lowest BCUT2D eigenvalue weighted by molar-refractivity contribution is 1.03. The molecule has 0 fully saturated rings. The Morgan fingerprint density at radius 1 is 1.44 bits per heavy atom. The number of hydrogen-bond acceptors (Lipinski definition) is 0. The Morgan fingerprint density at radius 2 is 2.33 bits per heavy atom. The second-order valence-electron chi connectivity index (χ2n) is 2.01. The van der Waals surface area contributed by atoms with E-state index >= 15 is 0 Å². The fourth-order valence-corrected chi connectivity index (χ4v) is 0.850. The van der Waals surface area contributed by atoms with Crippen molar-refractivity contribution in [1.82, 2.24) is 0 Å². The molecule has 0 radical (unpaired) electrons. The zero-order valence-corrected chi connectivity index (χ0v) is 5.65. The molecule has 0 amide bonds. The fourth-order valence-electron chi connectivity index (χ4n) is 0.850. The summed E-state index contributed by atoms with van der Waals surface area (Å²) in [4.78, 5) is 0. The molecule has 46 valence electrons. The molecule has 0 heterocycles. The van der Waals surface area contributed by atoms with Crippen LogP contribution in [-0.4, -0.2) is 0 Å². The third-order valence-corrected chi connectivity index (χ3v) is 1.26. The van der Waals surface area contributed by atoms with Crippen molar-refractivity contribution < 1.29 is 0 Å². The van der Waals surface area contributed by atoms with Gasteiger partial charge in [0.15, 0.2) is 0 Å². The number of hydrogen-bond donors (Lipinski definition) is 0. The highest BCUT2D eigenvalue weighted by Crippen LogP contribution is 2.07. The first-order valence-corrected chi connectivity index (χ1v) is 3.23. The summed E-state index contributed by atoms with van der Waals surface area (Å²) in [6.45, 7) is 1.86. The quantitative estimate of drug-likeness (QED) is 0.428. The lowest BCUT2D eigenvalue weighted by atomic mass is 10.1. The van der Waals surface area contributed by atoms with Crippen LogP contribution in [0.4, 0.5) is 0 Å². The minimum Gasteiger partial charge on any atom is -0.101 e. The Bertz CT molecular complexity index is 196. The van der Waals surface area contributed by atoms with Gasteiger partial charge in [0.2, 0.25) is 0 Å². The molecular weight excluding hydrogens is 108 g/mol. The molecule has 0 atom stereocenters. The van der Waals surface area contributed by atoms with Crippen LogP contribution in [0.5, 0.6) is 0 Å². The van der Waals surface area contributed by atoms with Crippen molar-refractivity contribution in [2.24, 2.45) is 0 Å². The maximum absolute atomic E-state index is 3.01. The Morgan fingerprint density at radius 3 is 2.89 bits per heavy atom. The van der Waals surface area contributed by atoms with Gasteiger partial charge < -0.3 is 0 Å². The predicted octanol–water partition coefficient (Wildman–Crippen LogP) is 2.29. The first-order chi connectivity index (χ1) is 4.43. The molecule has 0 aromatic heterocycles. The largest absolute Gasteiger partial charge is 0.101 e. The molecule has 1 rings (SSSR count). The molecule has 0 aliphatic heterocycles. The lowest BCUT2D eigenvalue weighted by Gasteiger charge is -1.96. The smallest absolute Gasteiger partial charge is 0.0202 e. The van der Waals surface area contributed by atoms with E-state index in [1.165, 1.54) is 12.0 Å². The zero-order valence-electron chi connectivity index (χ0n) is 5.65. The van der Waals surface area contributed by atoms with Crippen molar-refractivity contribution >= 4 is 0 Å². The minimum absolute atomic E-state index is 1.15. The Labute approximate surface area is 56.3 Å². The van der Waals surface area contributed by atoms with E-state index in [2.05, 4.69) is 30.1 Å². The third kappa shape index (κ3) is 1.77. The minimum atomic E-state index is 1.15. The molecule has 0 saturated heterocycles. The molecule has 0 heteroatoms. The van der Waals surface area contributed by atoms with Crippen molar-refractivity contribution in [2.45, 2.75) is 19.8 Å². The van der Waals surface area contributed by atoms with Crippen molar-refractivity contribution in [2.75, 3.05) is 0 Å². The number of allylic oxidation sites excluding steroid dienone is 4. The molecule has 0 aromatic rings. The van der Waals surface area contributed by atoms with Crippen LogP contribution < -0.4 is 0 Å². The molecule has 0 saturated carbocycles. The monoisotopic (exact) mass is 118 g/mol. The van der Waals surface area contributed by atoms with E-state index in [9.17, 15) is 0 Å². The highest BCUT2D eigenvalue weighted by atomic mass is 13.9. The second-order valence-corrected chi connectivity index (χ2v) is 2.01. The van der Waals surface area contributed by atoms with Crippen molar-refractivity contribution in [3.63, 3.8) is 0 Å². The van der Waals surface area contributed by atoms with Crippen LogP contribution in [0.3, 0.4) is 0 Å². The first kappa shape index (κ1) is 6.16.